The van der Waals surface area contributed by atoms with Gasteiger partial charge in [-0.1, -0.05) is 13.0 Å². The molecule has 1 rings (SSSR count). The van der Waals surface area contributed by atoms with Crippen LogP contribution in [0.25, 0.3) is 0 Å². The molecule has 3 nitrogen and oxygen atoms in total. The summed E-state index contributed by atoms with van der Waals surface area (Å²) in [5.74, 6) is 0.872. The van der Waals surface area contributed by atoms with Crippen LogP contribution in [0.3, 0.4) is 0 Å². The van der Waals surface area contributed by atoms with Crippen molar-refractivity contribution in [1.29, 1.82) is 0 Å². The molecule has 102 valence electrons. The van der Waals surface area contributed by atoms with Crippen LogP contribution in [0.15, 0.2) is 22.7 Å². The molecule has 0 saturated heterocycles. The van der Waals surface area contributed by atoms with Gasteiger partial charge in [0, 0.05) is 19.1 Å². The summed E-state index contributed by atoms with van der Waals surface area (Å²) in [6.07, 6.45) is 1.18. The van der Waals surface area contributed by atoms with Gasteiger partial charge in [-0.15, -0.1) is 0 Å². The summed E-state index contributed by atoms with van der Waals surface area (Å²) in [6.45, 7) is 7.34. The van der Waals surface area contributed by atoms with Crippen LogP contribution in [0.1, 0.15) is 25.8 Å². The minimum atomic E-state index is 0.470. The highest BCUT2D eigenvalue weighted by Gasteiger charge is 2.03. The van der Waals surface area contributed by atoms with Crippen molar-refractivity contribution < 1.29 is 4.74 Å². The maximum Gasteiger partial charge on any atom is 0.133 e. The quantitative estimate of drug-likeness (QED) is 0.724. The van der Waals surface area contributed by atoms with Gasteiger partial charge in [0.1, 0.15) is 5.75 Å². The normalized spacial score (nSPS) is 12.4. The lowest BCUT2D eigenvalue weighted by Crippen LogP contribution is -2.36. The Labute approximate surface area is 118 Å². The van der Waals surface area contributed by atoms with E-state index in [2.05, 4.69) is 52.5 Å². The molecule has 0 aromatic heterocycles. The highest BCUT2D eigenvalue weighted by molar-refractivity contribution is 9.10. The van der Waals surface area contributed by atoms with Crippen molar-refractivity contribution in [3.05, 3.63) is 28.2 Å². The fraction of sp³-hybridized carbons (Fsp3) is 0.571. The first-order valence-corrected chi connectivity index (χ1v) is 7.23. The lowest BCUT2D eigenvalue weighted by Gasteiger charge is -2.15. The molecule has 4 heteroatoms. The second-order valence-electron chi connectivity index (χ2n) is 4.45. The molecule has 2 N–H and O–H groups in total. The minimum absolute atomic E-state index is 0.470. The number of nitrogens with one attached hydrogen (secondary N) is 2. The molecule has 0 aliphatic carbocycles. The van der Waals surface area contributed by atoms with E-state index in [4.69, 9.17) is 4.74 Å². The molecule has 1 aromatic rings. The van der Waals surface area contributed by atoms with Crippen molar-refractivity contribution in [2.24, 2.45) is 0 Å². The third-order valence-corrected chi connectivity index (χ3v) is 3.37. The van der Waals surface area contributed by atoms with Crippen molar-refractivity contribution >= 4 is 15.9 Å². The topological polar surface area (TPSA) is 33.3 Å². The minimum Gasteiger partial charge on any atom is -0.496 e. The largest absolute Gasteiger partial charge is 0.496 e. The number of ether oxygens (including phenoxy) is 1. The number of halogens is 1. The van der Waals surface area contributed by atoms with E-state index in [1.807, 2.05) is 6.07 Å². The Kier molecular flexibility index (Phi) is 7.32. The van der Waals surface area contributed by atoms with Gasteiger partial charge in [-0.05, 0) is 53.5 Å². The molecule has 0 amide bonds. The van der Waals surface area contributed by atoms with Gasteiger partial charge in [0.25, 0.3) is 0 Å². The van der Waals surface area contributed by atoms with E-state index in [1.165, 1.54) is 12.0 Å². The molecule has 1 atom stereocenters. The van der Waals surface area contributed by atoms with E-state index >= 15 is 0 Å². The van der Waals surface area contributed by atoms with Gasteiger partial charge in [-0.3, -0.25) is 0 Å². The number of hydrogen-bond donors (Lipinski definition) is 2. The molecule has 0 aliphatic heterocycles. The van der Waals surface area contributed by atoms with Crippen molar-refractivity contribution in [3.63, 3.8) is 0 Å². The maximum atomic E-state index is 5.21. The molecule has 0 radical (unpaired) electrons. The SMILES string of the molecule is CCCNCC(C)NCc1ccc(OC)c(Br)c1. The summed E-state index contributed by atoms with van der Waals surface area (Å²) in [5.41, 5.74) is 1.25. The molecular weight excluding hydrogens is 292 g/mol. The lowest BCUT2D eigenvalue weighted by molar-refractivity contribution is 0.412. The standard InChI is InChI=1S/C14H23BrN2O/c1-4-7-16-9-11(2)17-10-12-5-6-14(18-3)13(15)8-12/h5-6,8,11,16-17H,4,7,9-10H2,1-3H3. The summed E-state index contributed by atoms with van der Waals surface area (Å²) >= 11 is 3.50. The van der Waals surface area contributed by atoms with Crippen molar-refractivity contribution in [2.45, 2.75) is 32.9 Å². The molecule has 0 saturated carbocycles. The van der Waals surface area contributed by atoms with Crippen molar-refractivity contribution in [3.8, 4) is 5.75 Å². The first-order valence-electron chi connectivity index (χ1n) is 6.43. The highest BCUT2D eigenvalue weighted by atomic mass is 79.9. The van der Waals surface area contributed by atoms with E-state index < -0.39 is 0 Å². The van der Waals surface area contributed by atoms with E-state index in [9.17, 15) is 0 Å². The lowest BCUT2D eigenvalue weighted by atomic mass is 10.2. The van der Waals surface area contributed by atoms with Crippen LogP contribution >= 0.6 is 15.9 Å². The Morgan fingerprint density at radius 2 is 2.17 bits per heavy atom. The summed E-state index contributed by atoms with van der Waals surface area (Å²) < 4.78 is 6.21. The summed E-state index contributed by atoms with van der Waals surface area (Å²) in [4.78, 5) is 0. The van der Waals surface area contributed by atoms with E-state index in [0.29, 0.717) is 6.04 Å². The predicted octanol–water partition coefficient (Wildman–Crippen LogP) is 2.94. The Bertz CT molecular complexity index is 358. The smallest absolute Gasteiger partial charge is 0.133 e. The van der Waals surface area contributed by atoms with Crippen LogP contribution in [0.4, 0.5) is 0 Å². The Morgan fingerprint density at radius 1 is 1.39 bits per heavy atom. The molecule has 18 heavy (non-hydrogen) atoms. The molecule has 1 aromatic carbocycles. The number of methoxy groups -OCH3 is 1. The van der Waals surface area contributed by atoms with Crippen molar-refractivity contribution in [2.75, 3.05) is 20.2 Å². The Balaban J connectivity index is 2.36. The molecule has 0 spiro atoms. The van der Waals surface area contributed by atoms with Crippen LogP contribution in [-0.2, 0) is 6.54 Å². The zero-order valence-corrected chi connectivity index (χ0v) is 13.0. The van der Waals surface area contributed by atoms with Crippen LogP contribution < -0.4 is 15.4 Å². The third-order valence-electron chi connectivity index (χ3n) is 2.75. The van der Waals surface area contributed by atoms with Crippen molar-refractivity contribution in [1.82, 2.24) is 10.6 Å². The fourth-order valence-electron chi connectivity index (χ4n) is 1.68. The monoisotopic (exact) mass is 314 g/mol. The molecule has 0 bridgehead atoms. The average Bonchev–Trinajstić information content (AvgIpc) is 2.37. The summed E-state index contributed by atoms with van der Waals surface area (Å²) in [6, 6.07) is 6.64. The second-order valence-corrected chi connectivity index (χ2v) is 5.31. The summed E-state index contributed by atoms with van der Waals surface area (Å²) in [5, 5.41) is 6.91. The average molecular weight is 315 g/mol. The highest BCUT2D eigenvalue weighted by Crippen LogP contribution is 2.25. The van der Waals surface area contributed by atoms with Crippen LogP contribution in [0, 0.1) is 0 Å². The van der Waals surface area contributed by atoms with Gasteiger partial charge in [0.2, 0.25) is 0 Å². The maximum absolute atomic E-state index is 5.21. The Hall–Kier alpha value is -0.580. The molecule has 0 aliphatic rings. The first-order chi connectivity index (χ1) is 8.67. The molecule has 1 unspecified atom stereocenters. The summed E-state index contributed by atoms with van der Waals surface area (Å²) in [7, 11) is 1.68. The van der Waals surface area contributed by atoms with E-state index in [1.54, 1.807) is 7.11 Å². The predicted molar refractivity (Wildman–Crippen MR) is 80.2 cm³/mol. The Morgan fingerprint density at radius 3 is 2.78 bits per heavy atom. The van der Waals surface area contributed by atoms with Crippen LogP contribution in [0.2, 0.25) is 0 Å². The van der Waals surface area contributed by atoms with Gasteiger partial charge in [0.15, 0.2) is 0 Å². The zero-order chi connectivity index (χ0) is 13.4. The van der Waals surface area contributed by atoms with Gasteiger partial charge in [0.05, 0.1) is 11.6 Å². The second kappa shape index (κ2) is 8.51. The first kappa shape index (κ1) is 15.5. The molecule has 0 fully saturated rings. The zero-order valence-electron chi connectivity index (χ0n) is 11.4. The van der Waals surface area contributed by atoms with Gasteiger partial charge in [-0.25, -0.2) is 0 Å². The molecule has 0 heterocycles. The molecular formula is C14H23BrN2O. The van der Waals surface area contributed by atoms with E-state index in [-0.39, 0.29) is 0 Å². The number of rotatable bonds is 8. The third kappa shape index (κ3) is 5.38. The van der Waals surface area contributed by atoms with Crippen LogP contribution in [-0.4, -0.2) is 26.2 Å². The fourth-order valence-corrected chi connectivity index (χ4v) is 2.27. The van der Waals surface area contributed by atoms with Gasteiger partial charge < -0.3 is 15.4 Å². The number of benzene rings is 1. The van der Waals surface area contributed by atoms with Gasteiger partial charge >= 0.3 is 0 Å². The van der Waals surface area contributed by atoms with Crippen LogP contribution in [0.5, 0.6) is 5.75 Å². The van der Waals surface area contributed by atoms with E-state index in [0.717, 1.165) is 29.9 Å². The van der Waals surface area contributed by atoms with Gasteiger partial charge in [-0.2, -0.15) is 0 Å². The number of hydrogen-bond acceptors (Lipinski definition) is 3.